The third kappa shape index (κ3) is 6.29. The zero-order valence-corrected chi connectivity index (χ0v) is 24.2. The van der Waals surface area contributed by atoms with Crippen molar-refractivity contribution in [2.45, 2.75) is 133 Å². The Hall–Kier alpha value is -0.534. The standard InChI is InChI=1S/2C15H25.Mg/c2*1-6-11-12(7-2)14(9-4)15(10-5)13(11)8-3;/h2*6-10H2,1-5H3;/q2*-1;+2. The fourth-order valence-electron chi connectivity index (χ4n) is 6.09. The molecule has 172 valence electrons. The van der Waals surface area contributed by atoms with Crippen LogP contribution in [-0.4, -0.2) is 23.1 Å². The SMILES string of the molecule is CCc1c(CC)c(CC)[c-](CC)c1CC.CCc1c(CC)c(CC)[c-](CC)c1CC.[Mg+2]. The van der Waals surface area contributed by atoms with Gasteiger partial charge in [0.2, 0.25) is 0 Å². The zero-order valence-electron chi connectivity index (χ0n) is 22.8. The number of rotatable bonds is 10. The average molecular weight is 435 g/mol. The Bertz CT molecular complexity index is 519. The van der Waals surface area contributed by atoms with E-state index >= 15 is 0 Å². The molecular formula is C30H50Mg. The molecule has 1 heteroatoms. The molecule has 0 aliphatic carbocycles. The van der Waals surface area contributed by atoms with Gasteiger partial charge in [0.05, 0.1) is 0 Å². The third-order valence-electron chi connectivity index (χ3n) is 7.18. The molecule has 2 aromatic carbocycles. The summed E-state index contributed by atoms with van der Waals surface area (Å²) in [7, 11) is 0. The van der Waals surface area contributed by atoms with Gasteiger partial charge >= 0.3 is 23.1 Å². The molecule has 0 aromatic heterocycles. The van der Waals surface area contributed by atoms with E-state index in [9.17, 15) is 0 Å². The molecule has 0 saturated heterocycles. The van der Waals surface area contributed by atoms with Crippen LogP contribution in [-0.2, 0) is 64.2 Å². The van der Waals surface area contributed by atoms with Crippen LogP contribution in [0.2, 0.25) is 0 Å². The molecule has 0 unspecified atom stereocenters. The van der Waals surface area contributed by atoms with Gasteiger partial charge in [-0.1, -0.05) is 133 Å². The summed E-state index contributed by atoms with van der Waals surface area (Å²) in [6.07, 6.45) is 12.1. The largest absolute Gasteiger partial charge is 2.00 e. The van der Waals surface area contributed by atoms with Gasteiger partial charge in [-0.2, -0.15) is 55.6 Å². The maximum atomic E-state index is 2.30. The maximum absolute atomic E-state index is 2.30. The van der Waals surface area contributed by atoms with Gasteiger partial charge < -0.3 is 0 Å². The van der Waals surface area contributed by atoms with Gasteiger partial charge in [0.15, 0.2) is 0 Å². The van der Waals surface area contributed by atoms with Crippen LogP contribution in [0.3, 0.4) is 0 Å². The average Bonchev–Trinajstić information content (AvgIpc) is 3.27. The predicted molar refractivity (Wildman–Crippen MR) is 144 cm³/mol. The Labute approximate surface area is 211 Å². The minimum absolute atomic E-state index is 0. The molecule has 0 radical (unpaired) electrons. The first-order valence-corrected chi connectivity index (χ1v) is 13.1. The summed E-state index contributed by atoms with van der Waals surface area (Å²) in [5, 5.41) is 0. The van der Waals surface area contributed by atoms with Crippen LogP contribution in [0.15, 0.2) is 0 Å². The van der Waals surface area contributed by atoms with Crippen LogP contribution in [0.5, 0.6) is 0 Å². The summed E-state index contributed by atoms with van der Waals surface area (Å²) < 4.78 is 0. The first kappa shape index (κ1) is 30.5. The Kier molecular flexibility index (Phi) is 15.1. The monoisotopic (exact) mass is 434 g/mol. The second kappa shape index (κ2) is 15.3. The molecule has 0 saturated carbocycles. The molecule has 2 rings (SSSR count). The van der Waals surface area contributed by atoms with E-state index in [1.807, 2.05) is 0 Å². The normalized spacial score (nSPS) is 10.6. The number of hydrogen-bond acceptors (Lipinski definition) is 0. The molecule has 0 aliphatic rings. The van der Waals surface area contributed by atoms with Gasteiger partial charge in [-0.15, -0.1) is 0 Å². The summed E-state index contributed by atoms with van der Waals surface area (Å²) >= 11 is 0. The molecule has 0 N–H and O–H groups in total. The molecule has 0 aliphatic heterocycles. The first-order chi connectivity index (χ1) is 14.5. The smallest absolute Gasteiger partial charge is 0.192 e. The van der Waals surface area contributed by atoms with Crippen molar-refractivity contribution in [2.75, 3.05) is 0 Å². The fraction of sp³-hybridized carbons (Fsp3) is 0.667. The second-order valence-electron chi connectivity index (χ2n) is 8.32. The molecule has 0 bridgehead atoms. The van der Waals surface area contributed by atoms with E-state index in [-0.39, 0.29) is 23.1 Å². The quantitative estimate of drug-likeness (QED) is 0.262. The molecule has 0 spiro atoms. The molecule has 0 nitrogen and oxygen atoms in total. The van der Waals surface area contributed by atoms with E-state index in [0.717, 1.165) is 0 Å². The van der Waals surface area contributed by atoms with E-state index < -0.39 is 0 Å². The van der Waals surface area contributed by atoms with Gasteiger partial charge in [0.1, 0.15) is 0 Å². The van der Waals surface area contributed by atoms with Crippen LogP contribution in [0.1, 0.15) is 125 Å². The fourth-order valence-corrected chi connectivity index (χ4v) is 6.09. The molecule has 0 fully saturated rings. The summed E-state index contributed by atoms with van der Waals surface area (Å²) in [5.41, 5.74) is 16.6. The van der Waals surface area contributed by atoms with Gasteiger partial charge in [-0.25, -0.2) is 0 Å². The van der Waals surface area contributed by atoms with Crippen molar-refractivity contribution in [1.82, 2.24) is 0 Å². The summed E-state index contributed by atoms with van der Waals surface area (Å²) in [6.45, 7) is 23.0. The third-order valence-corrected chi connectivity index (χ3v) is 7.18. The summed E-state index contributed by atoms with van der Waals surface area (Å²) in [6, 6.07) is 0. The van der Waals surface area contributed by atoms with Crippen LogP contribution >= 0.6 is 0 Å². The van der Waals surface area contributed by atoms with Crippen molar-refractivity contribution in [3.05, 3.63) is 55.6 Å². The van der Waals surface area contributed by atoms with Crippen LogP contribution in [0.25, 0.3) is 0 Å². The van der Waals surface area contributed by atoms with Crippen molar-refractivity contribution < 1.29 is 0 Å². The molecule has 0 atom stereocenters. The van der Waals surface area contributed by atoms with Crippen LogP contribution in [0, 0.1) is 0 Å². The molecule has 31 heavy (non-hydrogen) atoms. The molecule has 0 heterocycles. The van der Waals surface area contributed by atoms with Gasteiger partial charge in [-0.3, -0.25) is 0 Å². The van der Waals surface area contributed by atoms with Crippen molar-refractivity contribution in [1.29, 1.82) is 0 Å². The van der Waals surface area contributed by atoms with E-state index in [2.05, 4.69) is 69.2 Å². The van der Waals surface area contributed by atoms with Gasteiger partial charge in [-0.05, 0) is 0 Å². The Morgan fingerprint density at radius 2 is 0.548 bits per heavy atom. The van der Waals surface area contributed by atoms with Crippen molar-refractivity contribution in [2.24, 2.45) is 0 Å². The topological polar surface area (TPSA) is 0 Å². The Morgan fingerprint density at radius 3 is 0.645 bits per heavy atom. The first-order valence-electron chi connectivity index (χ1n) is 13.1. The Balaban J connectivity index is 0.000000562. The van der Waals surface area contributed by atoms with Crippen LogP contribution < -0.4 is 0 Å². The van der Waals surface area contributed by atoms with Gasteiger partial charge in [0, 0.05) is 0 Å². The number of hydrogen-bond donors (Lipinski definition) is 0. The minimum atomic E-state index is 0. The zero-order chi connectivity index (χ0) is 22.8. The van der Waals surface area contributed by atoms with Crippen LogP contribution in [0.4, 0.5) is 0 Å². The van der Waals surface area contributed by atoms with E-state index in [0.29, 0.717) is 0 Å². The van der Waals surface area contributed by atoms with E-state index in [1.54, 1.807) is 55.6 Å². The summed E-state index contributed by atoms with van der Waals surface area (Å²) in [5.74, 6) is 0. The summed E-state index contributed by atoms with van der Waals surface area (Å²) in [4.78, 5) is 0. The van der Waals surface area contributed by atoms with E-state index in [4.69, 9.17) is 0 Å². The molecular weight excluding hydrogens is 385 g/mol. The molecule has 0 amide bonds. The minimum Gasteiger partial charge on any atom is -0.192 e. The van der Waals surface area contributed by atoms with E-state index in [1.165, 1.54) is 64.2 Å². The molecule has 2 aromatic rings. The van der Waals surface area contributed by atoms with Crippen molar-refractivity contribution in [3.8, 4) is 0 Å². The Morgan fingerprint density at radius 1 is 0.355 bits per heavy atom. The second-order valence-corrected chi connectivity index (χ2v) is 8.32. The maximum Gasteiger partial charge on any atom is 2.00 e. The van der Waals surface area contributed by atoms with Gasteiger partial charge in [0.25, 0.3) is 0 Å². The van der Waals surface area contributed by atoms with Crippen molar-refractivity contribution >= 4 is 23.1 Å². The van der Waals surface area contributed by atoms with Crippen molar-refractivity contribution in [3.63, 3.8) is 0 Å². The predicted octanol–water partition coefficient (Wildman–Crippen LogP) is 8.05.